The third-order valence-electron chi connectivity index (χ3n) is 5.81. The summed E-state index contributed by atoms with van der Waals surface area (Å²) in [6.45, 7) is 3.42. The molecule has 3 heterocycles. The van der Waals surface area contributed by atoms with Crippen LogP contribution in [0.4, 0.5) is 0 Å². The molecule has 2 amide bonds. The second kappa shape index (κ2) is 7.70. The molecule has 7 nitrogen and oxygen atoms in total. The molecule has 2 aliphatic heterocycles. The first-order valence-corrected chi connectivity index (χ1v) is 9.82. The predicted molar refractivity (Wildman–Crippen MR) is 96.4 cm³/mol. The van der Waals surface area contributed by atoms with Crippen LogP contribution in [0.15, 0.2) is 18.3 Å². The summed E-state index contributed by atoms with van der Waals surface area (Å²) in [5.74, 6) is 0.341. The van der Waals surface area contributed by atoms with Crippen molar-refractivity contribution in [1.29, 1.82) is 0 Å². The van der Waals surface area contributed by atoms with Crippen LogP contribution in [-0.4, -0.2) is 70.1 Å². The molecule has 4 rings (SSSR count). The quantitative estimate of drug-likeness (QED) is 0.872. The molecule has 3 fully saturated rings. The Hall–Kier alpha value is -2.02. The first-order valence-electron chi connectivity index (χ1n) is 9.82. The van der Waals surface area contributed by atoms with Crippen LogP contribution < -0.4 is 5.32 Å². The monoisotopic (exact) mass is 357 g/mol. The second-order valence-electron chi connectivity index (χ2n) is 7.75. The van der Waals surface area contributed by atoms with Crippen LogP contribution in [0.3, 0.4) is 0 Å². The highest BCUT2D eigenvalue weighted by atomic mass is 16.2. The average Bonchev–Trinajstić information content (AvgIpc) is 3.52. The fraction of sp³-hybridized carbons (Fsp3) is 0.684. The maximum atomic E-state index is 12.5. The van der Waals surface area contributed by atoms with Crippen molar-refractivity contribution in [3.8, 4) is 0 Å². The Morgan fingerprint density at radius 3 is 2.58 bits per heavy atom. The SMILES string of the molecule is O=C(NC1CC1)[C@@H]1CCCN(C2CCN(C(=O)c3cccnn3)CC2)C1. The standard InChI is InChI=1S/C19H27N5O2/c25-18(21-15-5-6-15)14-3-2-10-24(13-14)16-7-11-23(12-8-16)19(26)17-4-1-9-20-22-17/h1,4,9,14-16H,2-3,5-8,10-13H2,(H,21,25)/t14-/m1/s1. The zero-order valence-electron chi connectivity index (χ0n) is 15.1. The third-order valence-corrected chi connectivity index (χ3v) is 5.81. The highest BCUT2D eigenvalue weighted by molar-refractivity contribution is 5.92. The minimum Gasteiger partial charge on any atom is -0.353 e. The summed E-state index contributed by atoms with van der Waals surface area (Å²) in [6, 6.07) is 4.37. The topological polar surface area (TPSA) is 78.4 Å². The molecule has 1 aromatic heterocycles. The van der Waals surface area contributed by atoms with Crippen molar-refractivity contribution in [2.75, 3.05) is 26.2 Å². The average molecular weight is 357 g/mol. The zero-order valence-corrected chi connectivity index (χ0v) is 15.1. The van der Waals surface area contributed by atoms with E-state index >= 15 is 0 Å². The van der Waals surface area contributed by atoms with Gasteiger partial charge >= 0.3 is 0 Å². The lowest BCUT2D eigenvalue weighted by Gasteiger charge is -2.42. The number of piperidine rings is 2. The fourth-order valence-electron chi connectivity index (χ4n) is 4.11. The summed E-state index contributed by atoms with van der Waals surface area (Å²) in [5, 5.41) is 10.9. The van der Waals surface area contributed by atoms with Gasteiger partial charge in [-0.25, -0.2) is 0 Å². The van der Waals surface area contributed by atoms with Gasteiger partial charge in [-0.05, 0) is 57.2 Å². The first-order chi connectivity index (χ1) is 12.7. The van der Waals surface area contributed by atoms with Gasteiger partial charge in [0, 0.05) is 37.9 Å². The molecule has 1 aliphatic carbocycles. The molecular weight excluding hydrogens is 330 g/mol. The number of aromatic nitrogens is 2. The summed E-state index contributed by atoms with van der Waals surface area (Å²) < 4.78 is 0. The van der Waals surface area contributed by atoms with Crippen LogP contribution in [0.2, 0.25) is 0 Å². The molecule has 1 aromatic rings. The van der Waals surface area contributed by atoms with Crippen molar-refractivity contribution in [1.82, 2.24) is 25.3 Å². The largest absolute Gasteiger partial charge is 0.353 e. The van der Waals surface area contributed by atoms with Crippen LogP contribution in [-0.2, 0) is 4.79 Å². The Labute approximate surface area is 154 Å². The number of likely N-dealkylation sites (tertiary alicyclic amines) is 2. The summed E-state index contributed by atoms with van der Waals surface area (Å²) in [7, 11) is 0. The van der Waals surface area contributed by atoms with Gasteiger partial charge in [-0.2, -0.15) is 5.10 Å². The minimum atomic E-state index is -0.0307. The molecule has 0 bridgehead atoms. The lowest BCUT2D eigenvalue weighted by atomic mass is 9.93. The van der Waals surface area contributed by atoms with E-state index in [4.69, 9.17) is 0 Å². The molecule has 26 heavy (non-hydrogen) atoms. The van der Waals surface area contributed by atoms with Gasteiger partial charge in [-0.1, -0.05) is 0 Å². The van der Waals surface area contributed by atoms with Gasteiger partial charge in [0.2, 0.25) is 5.91 Å². The van der Waals surface area contributed by atoms with Gasteiger partial charge in [-0.3, -0.25) is 14.5 Å². The highest BCUT2D eigenvalue weighted by Gasteiger charge is 2.34. The summed E-state index contributed by atoms with van der Waals surface area (Å²) in [4.78, 5) is 29.2. The van der Waals surface area contributed by atoms with Gasteiger partial charge < -0.3 is 10.2 Å². The van der Waals surface area contributed by atoms with E-state index in [0.717, 1.165) is 64.7 Å². The van der Waals surface area contributed by atoms with E-state index in [-0.39, 0.29) is 17.7 Å². The minimum absolute atomic E-state index is 0.0307. The van der Waals surface area contributed by atoms with Crippen LogP contribution in [0.25, 0.3) is 0 Å². The van der Waals surface area contributed by atoms with E-state index in [1.165, 1.54) is 0 Å². The van der Waals surface area contributed by atoms with E-state index in [0.29, 0.717) is 17.8 Å². The molecule has 0 radical (unpaired) electrons. The van der Waals surface area contributed by atoms with Gasteiger partial charge in [0.05, 0.1) is 5.92 Å². The number of nitrogens with one attached hydrogen (secondary N) is 1. The molecule has 0 spiro atoms. The lowest BCUT2D eigenvalue weighted by Crippen LogP contribution is -2.51. The van der Waals surface area contributed by atoms with Crippen molar-refractivity contribution in [3.05, 3.63) is 24.0 Å². The summed E-state index contributed by atoms with van der Waals surface area (Å²) in [5.41, 5.74) is 0.417. The molecule has 1 saturated carbocycles. The first kappa shape index (κ1) is 17.4. The molecule has 1 atom stereocenters. The Bertz CT molecular complexity index is 641. The second-order valence-corrected chi connectivity index (χ2v) is 7.75. The van der Waals surface area contributed by atoms with Gasteiger partial charge in [0.1, 0.15) is 0 Å². The third kappa shape index (κ3) is 4.03. The van der Waals surface area contributed by atoms with Crippen molar-refractivity contribution in [2.45, 2.75) is 50.6 Å². The number of hydrogen-bond acceptors (Lipinski definition) is 5. The molecule has 0 unspecified atom stereocenters. The number of amides is 2. The molecule has 2 saturated heterocycles. The molecule has 3 aliphatic rings. The molecule has 7 heteroatoms. The molecular formula is C19H27N5O2. The van der Waals surface area contributed by atoms with Crippen LogP contribution in [0.5, 0.6) is 0 Å². The smallest absolute Gasteiger partial charge is 0.274 e. The zero-order chi connectivity index (χ0) is 17.9. The van der Waals surface area contributed by atoms with Crippen molar-refractivity contribution in [3.63, 3.8) is 0 Å². The maximum Gasteiger partial charge on any atom is 0.274 e. The van der Waals surface area contributed by atoms with Crippen molar-refractivity contribution in [2.24, 2.45) is 5.92 Å². The highest BCUT2D eigenvalue weighted by Crippen LogP contribution is 2.26. The predicted octanol–water partition coefficient (Wildman–Crippen LogP) is 1.07. The lowest BCUT2D eigenvalue weighted by molar-refractivity contribution is -0.127. The van der Waals surface area contributed by atoms with Crippen LogP contribution in [0.1, 0.15) is 49.0 Å². The number of carbonyl (C=O) groups excluding carboxylic acids is 2. The molecule has 1 N–H and O–H groups in total. The van der Waals surface area contributed by atoms with E-state index in [2.05, 4.69) is 20.4 Å². The van der Waals surface area contributed by atoms with Crippen molar-refractivity contribution >= 4 is 11.8 Å². The Kier molecular flexibility index (Phi) is 5.15. The number of hydrogen-bond donors (Lipinski definition) is 1. The Morgan fingerprint density at radius 1 is 1.08 bits per heavy atom. The van der Waals surface area contributed by atoms with E-state index in [1.54, 1.807) is 18.3 Å². The van der Waals surface area contributed by atoms with E-state index < -0.39 is 0 Å². The normalized spacial score (nSPS) is 25.1. The number of rotatable bonds is 4. The van der Waals surface area contributed by atoms with Gasteiger partial charge in [-0.15, -0.1) is 5.10 Å². The number of nitrogens with zero attached hydrogens (tertiary/aromatic N) is 4. The van der Waals surface area contributed by atoms with Gasteiger partial charge in [0.25, 0.3) is 5.91 Å². The summed E-state index contributed by atoms with van der Waals surface area (Å²) >= 11 is 0. The maximum absolute atomic E-state index is 12.5. The Morgan fingerprint density at radius 2 is 1.88 bits per heavy atom. The number of carbonyl (C=O) groups is 2. The van der Waals surface area contributed by atoms with Gasteiger partial charge in [0.15, 0.2) is 5.69 Å². The Balaban J connectivity index is 1.28. The van der Waals surface area contributed by atoms with Crippen LogP contribution in [0, 0.1) is 5.92 Å². The fourth-order valence-corrected chi connectivity index (χ4v) is 4.11. The van der Waals surface area contributed by atoms with E-state index in [1.807, 2.05) is 4.90 Å². The summed E-state index contributed by atoms with van der Waals surface area (Å²) in [6.07, 6.45) is 7.86. The molecule has 140 valence electrons. The van der Waals surface area contributed by atoms with Crippen LogP contribution >= 0.6 is 0 Å². The van der Waals surface area contributed by atoms with Crippen molar-refractivity contribution < 1.29 is 9.59 Å². The molecule has 0 aromatic carbocycles. The van der Waals surface area contributed by atoms with E-state index in [9.17, 15) is 9.59 Å².